The van der Waals surface area contributed by atoms with Gasteiger partial charge in [-0.1, -0.05) is 36.4 Å². The van der Waals surface area contributed by atoms with Crippen LogP contribution in [0.15, 0.2) is 72.8 Å². The summed E-state index contributed by atoms with van der Waals surface area (Å²) in [5.74, 6) is 0.396. The van der Waals surface area contributed by atoms with Crippen LogP contribution in [0.5, 0.6) is 11.5 Å². The maximum Gasteiger partial charge on any atom is 0.306 e. The van der Waals surface area contributed by atoms with Crippen LogP contribution >= 0.6 is 0 Å². The summed E-state index contributed by atoms with van der Waals surface area (Å²) in [5.41, 5.74) is 6.33. The molecular weight excluding hydrogens is 518 g/mol. The third kappa shape index (κ3) is 4.69. The minimum Gasteiger partial charge on any atom is -0.481 e. The van der Waals surface area contributed by atoms with Crippen LogP contribution in [0.25, 0.3) is 17.0 Å². The summed E-state index contributed by atoms with van der Waals surface area (Å²) in [6.45, 7) is 2.27. The predicted molar refractivity (Wildman–Crippen MR) is 156 cm³/mol. The number of carbonyl (C=O) groups excluding carboxylic acids is 1. The first kappa shape index (κ1) is 25.3. The number of piperidine rings is 1. The number of ether oxygens (including phenoxy) is 2. The lowest BCUT2D eigenvalue weighted by Gasteiger charge is -2.35. The summed E-state index contributed by atoms with van der Waals surface area (Å²) in [6.07, 6.45) is 5.60. The number of hydrogen-bond acceptors (Lipinski definition) is 5. The van der Waals surface area contributed by atoms with Gasteiger partial charge in [0.05, 0.1) is 12.0 Å². The highest BCUT2D eigenvalue weighted by Crippen LogP contribution is 2.42. The van der Waals surface area contributed by atoms with Crippen LogP contribution in [0.2, 0.25) is 0 Å². The molecule has 1 saturated heterocycles. The van der Waals surface area contributed by atoms with Crippen molar-refractivity contribution in [1.82, 2.24) is 9.88 Å². The van der Waals surface area contributed by atoms with Crippen LogP contribution in [-0.2, 0) is 16.0 Å². The van der Waals surface area contributed by atoms with Gasteiger partial charge in [-0.3, -0.25) is 9.59 Å². The monoisotopic (exact) mass is 549 g/mol. The van der Waals surface area contributed by atoms with Gasteiger partial charge in [-0.05, 0) is 72.4 Å². The molecule has 1 amide bonds. The Morgan fingerprint density at radius 1 is 0.927 bits per heavy atom. The number of rotatable bonds is 5. The zero-order valence-electron chi connectivity index (χ0n) is 22.6. The molecule has 208 valence electrons. The summed E-state index contributed by atoms with van der Waals surface area (Å²) >= 11 is 0. The second kappa shape index (κ2) is 10.4. The molecule has 3 aliphatic heterocycles. The van der Waals surface area contributed by atoms with Crippen molar-refractivity contribution in [3.63, 3.8) is 0 Å². The predicted octanol–water partition coefficient (Wildman–Crippen LogP) is 5.39. The smallest absolute Gasteiger partial charge is 0.306 e. The minimum absolute atomic E-state index is 0.0585. The summed E-state index contributed by atoms with van der Waals surface area (Å²) in [5, 5.41) is 10.5. The molecule has 1 fully saturated rings. The second-order valence-corrected chi connectivity index (χ2v) is 10.9. The van der Waals surface area contributed by atoms with Crippen molar-refractivity contribution in [3.8, 4) is 11.5 Å². The van der Waals surface area contributed by atoms with Crippen molar-refractivity contribution >= 4 is 34.5 Å². The van der Waals surface area contributed by atoms with Crippen LogP contribution in [-0.4, -0.2) is 53.3 Å². The molecule has 1 unspecified atom stereocenters. The SMILES string of the molecule is O=C(O)C1CCN(c2ccc(C=CC(=O)N3CCc4c([nH]c5ccccc45)C3c3ccc4c(c3)OCO4)cc2)CC1. The van der Waals surface area contributed by atoms with Crippen LogP contribution in [0, 0.1) is 5.92 Å². The Hall–Kier alpha value is -4.72. The average Bonchev–Trinajstić information content (AvgIpc) is 3.64. The van der Waals surface area contributed by atoms with Gasteiger partial charge in [0.25, 0.3) is 0 Å². The molecular formula is C33H31N3O5. The fourth-order valence-electron chi connectivity index (χ4n) is 6.35. The first-order valence-corrected chi connectivity index (χ1v) is 14.1. The standard InChI is InChI=1S/C33H31N3O5/c37-30(12-7-21-5-9-24(10-6-21)35-16-13-22(14-17-35)33(38)39)36-18-15-26-25-3-1-2-4-27(25)34-31(26)32(36)23-8-11-28-29(19-23)41-20-40-28/h1-12,19,22,32,34H,13-18,20H2,(H,38,39). The molecule has 7 rings (SSSR count). The number of aromatic amines is 1. The van der Waals surface area contributed by atoms with E-state index in [1.54, 1.807) is 6.08 Å². The molecule has 3 aromatic carbocycles. The molecule has 3 aliphatic rings. The summed E-state index contributed by atoms with van der Waals surface area (Å²) in [7, 11) is 0. The fraction of sp³-hybridized carbons (Fsp3) is 0.273. The molecule has 4 heterocycles. The van der Waals surface area contributed by atoms with E-state index in [1.165, 1.54) is 10.9 Å². The normalized spacial score (nSPS) is 18.7. The van der Waals surface area contributed by atoms with Crippen LogP contribution in [0.3, 0.4) is 0 Å². The number of para-hydroxylation sites is 1. The number of H-pyrrole nitrogens is 1. The van der Waals surface area contributed by atoms with Crippen molar-refractivity contribution in [1.29, 1.82) is 0 Å². The largest absolute Gasteiger partial charge is 0.481 e. The van der Waals surface area contributed by atoms with Crippen LogP contribution < -0.4 is 14.4 Å². The quantitative estimate of drug-likeness (QED) is 0.325. The number of nitrogens with zero attached hydrogens (tertiary/aromatic N) is 2. The van der Waals surface area contributed by atoms with E-state index in [9.17, 15) is 14.7 Å². The first-order chi connectivity index (χ1) is 20.0. The minimum atomic E-state index is -0.704. The van der Waals surface area contributed by atoms with Crippen molar-refractivity contribution < 1.29 is 24.2 Å². The Labute approximate surface area is 237 Å². The maximum atomic E-state index is 13.7. The van der Waals surface area contributed by atoms with Gasteiger partial charge in [-0.2, -0.15) is 0 Å². The number of aliphatic carboxylic acids is 1. The van der Waals surface area contributed by atoms with Gasteiger partial charge in [0.2, 0.25) is 12.7 Å². The third-order valence-electron chi connectivity index (χ3n) is 8.55. The Morgan fingerprint density at radius 3 is 2.51 bits per heavy atom. The van der Waals surface area contributed by atoms with Gasteiger partial charge in [-0.15, -0.1) is 0 Å². The van der Waals surface area contributed by atoms with Gasteiger partial charge < -0.3 is 29.4 Å². The van der Waals surface area contributed by atoms with Gasteiger partial charge in [0, 0.05) is 48.0 Å². The molecule has 0 spiro atoms. The van der Waals surface area contributed by atoms with E-state index in [2.05, 4.69) is 28.1 Å². The number of carbonyl (C=O) groups is 2. The molecule has 8 heteroatoms. The number of fused-ring (bicyclic) bond motifs is 4. The lowest BCUT2D eigenvalue weighted by molar-refractivity contribution is -0.142. The lowest BCUT2D eigenvalue weighted by atomic mass is 9.92. The Balaban J connectivity index is 1.13. The number of carboxylic acid groups (broad SMARTS) is 1. The summed E-state index contributed by atoms with van der Waals surface area (Å²) in [6, 6.07) is 22.0. The van der Waals surface area contributed by atoms with Crippen molar-refractivity contribution in [2.45, 2.75) is 25.3 Å². The molecule has 41 heavy (non-hydrogen) atoms. The van der Waals surface area contributed by atoms with Crippen molar-refractivity contribution in [2.24, 2.45) is 5.92 Å². The van der Waals surface area contributed by atoms with E-state index in [-0.39, 0.29) is 24.7 Å². The fourth-order valence-corrected chi connectivity index (χ4v) is 6.35. The van der Waals surface area contributed by atoms with Crippen LogP contribution in [0.4, 0.5) is 5.69 Å². The van der Waals surface area contributed by atoms with E-state index >= 15 is 0 Å². The molecule has 0 bridgehead atoms. The van der Waals surface area contributed by atoms with Crippen molar-refractivity contribution in [2.75, 3.05) is 31.3 Å². The molecule has 2 N–H and O–H groups in total. The van der Waals surface area contributed by atoms with Gasteiger partial charge >= 0.3 is 5.97 Å². The maximum absolute atomic E-state index is 13.7. The highest BCUT2D eigenvalue weighted by molar-refractivity contribution is 5.93. The topological polar surface area (TPSA) is 95.1 Å². The highest BCUT2D eigenvalue weighted by atomic mass is 16.7. The van der Waals surface area contributed by atoms with Crippen molar-refractivity contribution in [3.05, 3.63) is 95.2 Å². The third-order valence-corrected chi connectivity index (χ3v) is 8.55. The van der Waals surface area contributed by atoms with E-state index in [1.807, 2.05) is 59.5 Å². The van der Waals surface area contributed by atoms with Gasteiger partial charge in [-0.25, -0.2) is 0 Å². The number of benzene rings is 3. The molecule has 8 nitrogen and oxygen atoms in total. The molecule has 0 aliphatic carbocycles. The van der Waals surface area contributed by atoms with Gasteiger partial charge in [0.1, 0.15) is 0 Å². The number of aromatic nitrogens is 1. The zero-order chi connectivity index (χ0) is 27.9. The number of anilines is 1. The number of hydrogen-bond donors (Lipinski definition) is 2. The molecule has 1 atom stereocenters. The highest BCUT2D eigenvalue weighted by Gasteiger charge is 2.34. The summed E-state index contributed by atoms with van der Waals surface area (Å²) in [4.78, 5) is 32.7. The second-order valence-electron chi connectivity index (χ2n) is 10.9. The van der Waals surface area contributed by atoms with E-state index in [4.69, 9.17) is 9.47 Å². The molecule has 4 aromatic rings. The molecule has 1 aromatic heterocycles. The average molecular weight is 550 g/mol. The Bertz CT molecular complexity index is 1650. The molecule has 0 saturated carbocycles. The number of amides is 1. The first-order valence-electron chi connectivity index (χ1n) is 14.1. The molecule has 0 radical (unpaired) electrons. The zero-order valence-corrected chi connectivity index (χ0v) is 22.6. The Morgan fingerprint density at radius 2 is 1.71 bits per heavy atom. The summed E-state index contributed by atoms with van der Waals surface area (Å²) < 4.78 is 11.2. The van der Waals surface area contributed by atoms with E-state index in [0.29, 0.717) is 30.9 Å². The number of carboxylic acids is 1. The van der Waals surface area contributed by atoms with E-state index < -0.39 is 5.97 Å². The van der Waals surface area contributed by atoms with Crippen LogP contribution in [0.1, 0.15) is 41.3 Å². The Kier molecular flexibility index (Phi) is 6.38. The number of nitrogens with one attached hydrogen (secondary N) is 1. The van der Waals surface area contributed by atoms with Gasteiger partial charge in [0.15, 0.2) is 11.5 Å². The van der Waals surface area contributed by atoms with E-state index in [0.717, 1.165) is 47.5 Å². The lowest BCUT2D eigenvalue weighted by Crippen LogP contribution is -2.39.